The Morgan fingerprint density at radius 2 is 1.74 bits per heavy atom. The maximum atomic E-state index is 12.4. The molecule has 1 N–H and O–H groups in total. The van der Waals surface area contributed by atoms with Crippen molar-refractivity contribution in [2.75, 3.05) is 6.61 Å². The summed E-state index contributed by atoms with van der Waals surface area (Å²) in [5.74, 6) is -0.367. The van der Waals surface area contributed by atoms with Crippen LogP contribution in [0, 0.1) is 0 Å². The Labute approximate surface area is 166 Å². The predicted octanol–water partition coefficient (Wildman–Crippen LogP) is 4.94. The highest BCUT2D eigenvalue weighted by molar-refractivity contribution is 6.35. The minimum absolute atomic E-state index is 0.178. The van der Waals surface area contributed by atoms with Crippen molar-refractivity contribution in [1.82, 2.24) is 9.78 Å². The highest BCUT2D eigenvalue weighted by Crippen LogP contribution is 2.26. The molecule has 0 aliphatic carbocycles. The third-order valence-corrected chi connectivity index (χ3v) is 4.65. The Bertz CT molecular complexity index is 1000. The first-order chi connectivity index (χ1) is 12.9. The molecule has 3 rings (SSSR count). The summed E-state index contributed by atoms with van der Waals surface area (Å²) in [4.78, 5) is 24.2. The van der Waals surface area contributed by atoms with Gasteiger partial charge in [0.25, 0.3) is 5.56 Å². The van der Waals surface area contributed by atoms with Crippen LogP contribution in [-0.2, 0) is 4.74 Å². The molecule has 0 radical (unpaired) electrons. The second-order valence-electron chi connectivity index (χ2n) is 6.05. The molecule has 3 aromatic rings. The molecule has 1 heterocycles. The van der Waals surface area contributed by atoms with Gasteiger partial charge in [-0.15, -0.1) is 0 Å². The third-order valence-electron chi connectivity index (χ3n) is 4.21. The molecule has 27 heavy (non-hydrogen) atoms. The predicted molar refractivity (Wildman–Crippen MR) is 107 cm³/mol. The summed E-state index contributed by atoms with van der Waals surface area (Å²) in [6.45, 7) is 3.98. The highest BCUT2D eigenvalue weighted by Gasteiger charge is 2.15. The molecule has 7 heteroatoms. The number of halogens is 2. The lowest BCUT2D eigenvalue weighted by molar-refractivity contribution is 0.0526. The van der Waals surface area contributed by atoms with Crippen LogP contribution in [0.4, 0.5) is 0 Å². The fourth-order valence-corrected chi connectivity index (χ4v) is 3.34. The molecule has 2 aromatic carbocycles. The minimum Gasteiger partial charge on any atom is -0.462 e. The molecule has 0 saturated heterocycles. The Kier molecular flexibility index (Phi) is 5.73. The topological polar surface area (TPSA) is 64.1 Å². The van der Waals surface area contributed by atoms with Crippen molar-refractivity contribution in [1.29, 1.82) is 0 Å². The zero-order valence-electron chi connectivity index (χ0n) is 14.8. The Morgan fingerprint density at radius 3 is 2.33 bits per heavy atom. The summed E-state index contributed by atoms with van der Waals surface area (Å²) in [5.41, 5.74) is 2.53. The van der Waals surface area contributed by atoms with E-state index in [1.54, 1.807) is 49.4 Å². The van der Waals surface area contributed by atoms with E-state index in [4.69, 9.17) is 27.9 Å². The number of nitrogens with zero attached hydrogens (tertiary/aromatic N) is 1. The molecule has 0 spiro atoms. The number of hydrogen-bond donors (Lipinski definition) is 1. The molecule has 0 fully saturated rings. The molecule has 0 saturated carbocycles. The van der Waals surface area contributed by atoms with Crippen molar-refractivity contribution in [3.8, 4) is 11.3 Å². The average Bonchev–Trinajstić information content (AvgIpc) is 3.02. The first-order valence-corrected chi connectivity index (χ1v) is 9.19. The molecule has 1 unspecified atom stereocenters. The normalized spacial score (nSPS) is 12.0. The molecule has 1 atom stereocenters. The van der Waals surface area contributed by atoms with Crippen molar-refractivity contribution in [2.24, 2.45) is 0 Å². The number of nitrogens with one attached hydrogen (secondary N) is 1. The van der Waals surface area contributed by atoms with Crippen LogP contribution in [0.2, 0.25) is 10.0 Å². The molecule has 0 aliphatic heterocycles. The van der Waals surface area contributed by atoms with Crippen LogP contribution in [0.1, 0.15) is 35.8 Å². The molecule has 5 nitrogen and oxygen atoms in total. The summed E-state index contributed by atoms with van der Waals surface area (Å²) in [7, 11) is 0. The average molecular weight is 405 g/mol. The van der Waals surface area contributed by atoms with Gasteiger partial charge in [-0.2, -0.15) is 0 Å². The van der Waals surface area contributed by atoms with Gasteiger partial charge in [-0.25, -0.2) is 9.48 Å². The number of benzene rings is 2. The smallest absolute Gasteiger partial charge is 0.338 e. The van der Waals surface area contributed by atoms with Crippen LogP contribution in [-0.4, -0.2) is 22.4 Å². The number of ether oxygens (including phenoxy) is 1. The van der Waals surface area contributed by atoms with Gasteiger partial charge in [0.05, 0.1) is 23.9 Å². The largest absolute Gasteiger partial charge is 0.462 e. The summed E-state index contributed by atoms with van der Waals surface area (Å²) in [5, 5.41) is 4.09. The monoisotopic (exact) mass is 404 g/mol. The van der Waals surface area contributed by atoms with Gasteiger partial charge in [0.1, 0.15) is 0 Å². The van der Waals surface area contributed by atoms with Crippen molar-refractivity contribution >= 4 is 29.2 Å². The highest BCUT2D eigenvalue weighted by atomic mass is 35.5. The van der Waals surface area contributed by atoms with Gasteiger partial charge >= 0.3 is 5.97 Å². The van der Waals surface area contributed by atoms with Crippen molar-refractivity contribution in [2.45, 2.75) is 19.9 Å². The van der Waals surface area contributed by atoms with E-state index in [0.717, 1.165) is 11.1 Å². The molecule has 0 bridgehead atoms. The maximum absolute atomic E-state index is 12.4. The lowest BCUT2D eigenvalue weighted by Gasteiger charge is -2.13. The van der Waals surface area contributed by atoms with E-state index in [2.05, 4.69) is 5.10 Å². The summed E-state index contributed by atoms with van der Waals surface area (Å²) < 4.78 is 6.50. The maximum Gasteiger partial charge on any atom is 0.338 e. The molecule has 0 amide bonds. The van der Waals surface area contributed by atoms with Gasteiger partial charge in [-0.1, -0.05) is 35.3 Å². The van der Waals surface area contributed by atoms with Crippen molar-refractivity contribution in [3.63, 3.8) is 0 Å². The fraction of sp³-hybridized carbons (Fsp3) is 0.200. The molecule has 1 aromatic heterocycles. The Hall–Kier alpha value is -2.50. The van der Waals surface area contributed by atoms with E-state index < -0.39 is 0 Å². The first-order valence-electron chi connectivity index (χ1n) is 8.44. The van der Waals surface area contributed by atoms with Crippen molar-refractivity contribution in [3.05, 3.63) is 80.1 Å². The fourth-order valence-electron chi connectivity index (χ4n) is 2.82. The number of esters is 1. The zero-order valence-corrected chi connectivity index (χ0v) is 16.3. The quantitative estimate of drug-likeness (QED) is 0.612. The Balaban J connectivity index is 1.89. The van der Waals surface area contributed by atoms with Crippen LogP contribution in [0.25, 0.3) is 11.3 Å². The van der Waals surface area contributed by atoms with Gasteiger partial charge in [0.2, 0.25) is 0 Å². The number of hydrogen-bond acceptors (Lipinski definition) is 3. The summed E-state index contributed by atoms with van der Waals surface area (Å²) in [6, 6.07) is 13.4. The van der Waals surface area contributed by atoms with E-state index >= 15 is 0 Å². The van der Waals surface area contributed by atoms with Crippen LogP contribution >= 0.6 is 23.2 Å². The van der Waals surface area contributed by atoms with E-state index in [1.807, 2.05) is 6.92 Å². The molecule has 140 valence electrons. The van der Waals surface area contributed by atoms with Crippen LogP contribution in [0.15, 0.2) is 53.3 Å². The number of carbonyl (C=O) groups excluding carboxylic acids is 1. The summed E-state index contributed by atoms with van der Waals surface area (Å²) in [6.07, 6.45) is 0. The SMILES string of the molecule is CCOC(=O)c1ccc(C(C)n2[nH]c(-c3cc(Cl)cc(Cl)c3)cc2=O)cc1. The second kappa shape index (κ2) is 8.03. The van der Waals surface area contributed by atoms with E-state index in [-0.39, 0.29) is 17.6 Å². The zero-order chi connectivity index (χ0) is 19.6. The van der Waals surface area contributed by atoms with Gasteiger partial charge in [-0.3, -0.25) is 9.89 Å². The Morgan fingerprint density at radius 1 is 1.11 bits per heavy atom. The number of carbonyl (C=O) groups is 1. The van der Waals surface area contributed by atoms with Gasteiger partial charge in [-0.05, 0) is 49.7 Å². The number of H-pyrrole nitrogens is 1. The standard InChI is InChI=1S/C20H18Cl2N2O3/c1-3-27-20(26)14-6-4-13(5-7-14)12(2)24-19(25)11-18(23-24)15-8-16(21)10-17(22)9-15/h4-12,23H,3H2,1-2H3. The molecular weight excluding hydrogens is 387 g/mol. The second-order valence-corrected chi connectivity index (χ2v) is 6.93. The van der Waals surface area contributed by atoms with Gasteiger partial charge in [0.15, 0.2) is 0 Å². The van der Waals surface area contributed by atoms with Crippen LogP contribution < -0.4 is 5.56 Å². The van der Waals surface area contributed by atoms with Gasteiger partial charge < -0.3 is 4.74 Å². The lowest BCUT2D eigenvalue weighted by atomic mass is 10.1. The van der Waals surface area contributed by atoms with Gasteiger partial charge in [0, 0.05) is 21.7 Å². The van der Waals surface area contributed by atoms with Crippen LogP contribution in [0.5, 0.6) is 0 Å². The molecular formula is C20H18Cl2N2O3. The summed E-state index contributed by atoms with van der Waals surface area (Å²) >= 11 is 12.1. The first kappa shape index (κ1) is 19.3. The number of aromatic nitrogens is 2. The number of aromatic amines is 1. The van der Waals surface area contributed by atoms with E-state index in [9.17, 15) is 9.59 Å². The van der Waals surface area contributed by atoms with Crippen molar-refractivity contribution < 1.29 is 9.53 Å². The minimum atomic E-state index is -0.367. The van der Waals surface area contributed by atoms with E-state index in [0.29, 0.717) is 27.9 Å². The lowest BCUT2D eigenvalue weighted by Crippen LogP contribution is -2.20. The van der Waals surface area contributed by atoms with E-state index in [1.165, 1.54) is 10.7 Å². The molecule has 0 aliphatic rings. The van der Waals surface area contributed by atoms with Crippen LogP contribution in [0.3, 0.4) is 0 Å². The number of rotatable bonds is 5. The third kappa shape index (κ3) is 4.26.